The van der Waals surface area contributed by atoms with Gasteiger partial charge in [0.2, 0.25) is 5.91 Å². The maximum absolute atomic E-state index is 12.7. The van der Waals surface area contributed by atoms with Crippen molar-refractivity contribution in [1.82, 2.24) is 4.90 Å². The van der Waals surface area contributed by atoms with Crippen molar-refractivity contribution < 1.29 is 19.4 Å². The molecule has 0 aliphatic heterocycles. The van der Waals surface area contributed by atoms with Gasteiger partial charge in [-0.3, -0.25) is 9.59 Å². The number of ether oxygens (including phenoxy) is 1. The predicted molar refractivity (Wildman–Crippen MR) is 78.4 cm³/mol. The summed E-state index contributed by atoms with van der Waals surface area (Å²) in [4.78, 5) is 24.9. The Hall–Kier alpha value is -2.04. The van der Waals surface area contributed by atoms with Gasteiger partial charge in [0.1, 0.15) is 5.75 Å². The molecule has 1 fully saturated rings. The van der Waals surface area contributed by atoms with E-state index in [1.165, 1.54) is 4.90 Å². The first-order valence-electron chi connectivity index (χ1n) is 7.11. The Kier molecular flexibility index (Phi) is 4.50. The van der Waals surface area contributed by atoms with Gasteiger partial charge in [-0.2, -0.15) is 0 Å². The SMILES string of the molecule is COc1ccc(C2(C(=O)N(C)CCC(=O)O)CCC2)cc1. The Morgan fingerprint density at radius 2 is 1.90 bits per heavy atom. The lowest BCUT2D eigenvalue weighted by atomic mass is 9.63. The summed E-state index contributed by atoms with van der Waals surface area (Å²) >= 11 is 0. The third-order valence-corrected chi connectivity index (χ3v) is 4.27. The van der Waals surface area contributed by atoms with Gasteiger partial charge in [0.15, 0.2) is 0 Å². The van der Waals surface area contributed by atoms with Gasteiger partial charge in [-0.1, -0.05) is 18.6 Å². The summed E-state index contributed by atoms with van der Waals surface area (Å²) in [6.07, 6.45) is 2.62. The van der Waals surface area contributed by atoms with Crippen LogP contribution in [0, 0.1) is 0 Å². The molecule has 0 bridgehead atoms. The van der Waals surface area contributed by atoms with Crippen molar-refractivity contribution in [2.24, 2.45) is 0 Å². The topological polar surface area (TPSA) is 66.8 Å². The largest absolute Gasteiger partial charge is 0.497 e. The molecule has 1 aliphatic rings. The molecule has 1 N–H and O–H groups in total. The van der Waals surface area contributed by atoms with Gasteiger partial charge in [-0.25, -0.2) is 0 Å². The molecule has 0 aromatic heterocycles. The number of aliphatic carboxylic acids is 1. The monoisotopic (exact) mass is 291 g/mol. The van der Waals surface area contributed by atoms with Crippen LogP contribution in [0.2, 0.25) is 0 Å². The molecule has 0 atom stereocenters. The van der Waals surface area contributed by atoms with E-state index in [4.69, 9.17) is 9.84 Å². The van der Waals surface area contributed by atoms with E-state index < -0.39 is 11.4 Å². The number of carbonyl (C=O) groups is 2. The lowest BCUT2D eigenvalue weighted by Gasteiger charge is -2.43. The first kappa shape index (κ1) is 15.4. The molecule has 114 valence electrons. The van der Waals surface area contributed by atoms with Crippen LogP contribution in [0.4, 0.5) is 0 Å². The number of benzene rings is 1. The average Bonchev–Trinajstić information content (AvgIpc) is 2.44. The fourth-order valence-electron chi connectivity index (χ4n) is 2.80. The highest BCUT2D eigenvalue weighted by atomic mass is 16.5. The maximum Gasteiger partial charge on any atom is 0.305 e. The molecule has 1 aromatic rings. The molecule has 5 heteroatoms. The molecule has 0 radical (unpaired) electrons. The fourth-order valence-corrected chi connectivity index (χ4v) is 2.80. The van der Waals surface area contributed by atoms with Crippen LogP contribution in [-0.4, -0.2) is 42.6 Å². The minimum Gasteiger partial charge on any atom is -0.497 e. The van der Waals surface area contributed by atoms with Gasteiger partial charge < -0.3 is 14.7 Å². The van der Waals surface area contributed by atoms with Crippen LogP contribution in [0.5, 0.6) is 5.75 Å². The highest BCUT2D eigenvalue weighted by Crippen LogP contribution is 2.45. The van der Waals surface area contributed by atoms with E-state index >= 15 is 0 Å². The summed E-state index contributed by atoms with van der Waals surface area (Å²) in [5.74, 6) is -0.109. The van der Waals surface area contributed by atoms with Crippen molar-refractivity contribution in [3.63, 3.8) is 0 Å². The number of rotatable bonds is 6. The summed E-state index contributed by atoms with van der Waals surface area (Å²) in [5.41, 5.74) is 0.501. The number of hydrogen-bond acceptors (Lipinski definition) is 3. The fraction of sp³-hybridized carbons (Fsp3) is 0.500. The number of amides is 1. The summed E-state index contributed by atoms with van der Waals surface area (Å²) in [6.45, 7) is 0.242. The standard InChI is InChI=1S/C16H21NO4/c1-17(11-8-14(18)19)15(20)16(9-3-10-16)12-4-6-13(21-2)7-5-12/h4-7H,3,8-11H2,1-2H3,(H,18,19). The van der Waals surface area contributed by atoms with E-state index in [1.54, 1.807) is 14.2 Å². The van der Waals surface area contributed by atoms with Crippen LogP contribution < -0.4 is 4.74 Å². The van der Waals surface area contributed by atoms with Crippen molar-refractivity contribution in [2.45, 2.75) is 31.1 Å². The van der Waals surface area contributed by atoms with E-state index in [1.807, 2.05) is 24.3 Å². The number of likely N-dealkylation sites (N-methyl/N-ethyl adjacent to an activating group) is 1. The Bertz CT molecular complexity index is 520. The molecule has 21 heavy (non-hydrogen) atoms. The Morgan fingerprint density at radius 3 is 2.33 bits per heavy atom. The zero-order chi connectivity index (χ0) is 15.5. The molecule has 0 spiro atoms. The first-order chi connectivity index (χ1) is 9.99. The molecular weight excluding hydrogens is 270 g/mol. The smallest absolute Gasteiger partial charge is 0.305 e. The zero-order valence-electron chi connectivity index (χ0n) is 12.5. The van der Waals surface area contributed by atoms with Gasteiger partial charge in [0.25, 0.3) is 0 Å². The molecule has 2 rings (SSSR count). The van der Waals surface area contributed by atoms with Crippen molar-refractivity contribution in [3.8, 4) is 5.75 Å². The molecule has 1 amide bonds. The third kappa shape index (κ3) is 3.01. The van der Waals surface area contributed by atoms with E-state index in [9.17, 15) is 9.59 Å². The van der Waals surface area contributed by atoms with Crippen LogP contribution >= 0.6 is 0 Å². The van der Waals surface area contributed by atoms with Crippen molar-refractivity contribution in [3.05, 3.63) is 29.8 Å². The lowest BCUT2D eigenvalue weighted by molar-refractivity contribution is -0.141. The van der Waals surface area contributed by atoms with E-state index in [2.05, 4.69) is 0 Å². The van der Waals surface area contributed by atoms with Gasteiger partial charge in [-0.05, 0) is 30.5 Å². The zero-order valence-corrected chi connectivity index (χ0v) is 12.5. The molecule has 1 saturated carbocycles. The van der Waals surface area contributed by atoms with Crippen LogP contribution in [-0.2, 0) is 15.0 Å². The molecule has 0 heterocycles. The van der Waals surface area contributed by atoms with Crippen molar-refractivity contribution in [2.75, 3.05) is 20.7 Å². The Balaban J connectivity index is 2.16. The highest BCUT2D eigenvalue weighted by molar-refractivity contribution is 5.89. The quantitative estimate of drug-likeness (QED) is 0.871. The van der Waals surface area contributed by atoms with Crippen LogP contribution in [0.3, 0.4) is 0 Å². The molecular formula is C16H21NO4. The van der Waals surface area contributed by atoms with E-state index in [0.717, 1.165) is 30.6 Å². The van der Waals surface area contributed by atoms with Crippen molar-refractivity contribution in [1.29, 1.82) is 0 Å². The minimum absolute atomic E-state index is 0.0140. The van der Waals surface area contributed by atoms with Gasteiger partial charge in [0, 0.05) is 13.6 Å². The number of nitrogens with zero attached hydrogens (tertiary/aromatic N) is 1. The van der Waals surface area contributed by atoms with Crippen molar-refractivity contribution >= 4 is 11.9 Å². The Morgan fingerprint density at radius 1 is 1.29 bits per heavy atom. The summed E-state index contributed by atoms with van der Waals surface area (Å²) in [5, 5.41) is 8.74. The number of carbonyl (C=O) groups excluding carboxylic acids is 1. The number of carboxylic acid groups (broad SMARTS) is 1. The van der Waals surface area contributed by atoms with E-state index in [-0.39, 0.29) is 18.9 Å². The number of methoxy groups -OCH3 is 1. The molecule has 0 saturated heterocycles. The molecule has 1 aliphatic carbocycles. The number of carboxylic acids is 1. The molecule has 0 unspecified atom stereocenters. The average molecular weight is 291 g/mol. The summed E-state index contributed by atoms with van der Waals surface area (Å²) in [7, 11) is 3.29. The normalized spacial score (nSPS) is 15.9. The highest BCUT2D eigenvalue weighted by Gasteiger charge is 2.46. The maximum atomic E-state index is 12.7. The molecule has 5 nitrogen and oxygen atoms in total. The lowest BCUT2D eigenvalue weighted by Crippen LogP contribution is -2.50. The molecule has 1 aromatic carbocycles. The van der Waals surface area contributed by atoms with Gasteiger partial charge in [0.05, 0.1) is 18.9 Å². The summed E-state index contributed by atoms with van der Waals surface area (Å²) in [6, 6.07) is 7.59. The minimum atomic E-state index is -0.887. The Labute approximate surface area is 124 Å². The second kappa shape index (κ2) is 6.16. The second-order valence-corrected chi connectivity index (χ2v) is 5.53. The predicted octanol–water partition coefficient (Wildman–Crippen LogP) is 2.05. The van der Waals surface area contributed by atoms with Crippen LogP contribution in [0.25, 0.3) is 0 Å². The van der Waals surface area contributed by atoms with E-state index in [0.29, 0.717) is 0 Å². The third-order valence-electron chi connectivity index (χ3n) is 4.27. The van der Waals surface area contributed by atoms with Crippen LogP contribution in [0.15, 0.2) is 24.3 Å². The van der Waals surface area contributed by atoms with Gasteiger partial charge >= 0.3 is 5.97 Å². The van der Waals surface area contributed by atoms with Gasteiger partial charge in [-0.15, -0.1) is 0 Å². The summed E-state index contributed by atoms with van der Waals surface area (Å²) < 4.78 is 5.15. The van der Waals surface area contributed by atoms with Crippen LogP contribution in [0.1, 0.15) is 31.2 Å². The second-order valence-electron chi connectivity index (χ2n) is 5.53. The number of hydrogen-bond donors (Lipinski definition) is 1. The first-order valence-corrected chi connectivity index (χ1v) is 7.11.